The van der Waals surface area contributed by atoms with Crippen LogP contribution in [0.25, 0.3) is 87.4 Å². The number of pyridine rings is 2. The number of fused-ring (bicyclic) bond motifs is 11. The van der Waals surface area contributed by atoms with E-state index in [1.54, 1.807) is 0 Å². The molecule has 0 N–H and O–H groups in total. The largest absolute Gasteiger partial charge is 0.308 e. The van der Waals surface area contributed by atoms with Gasteiger partial charge in [0.25, 0.3) is 11.3 Å². The van der Waals surface area contributed by atoms with E-state index in [2.05, 4.69) is 226 Å². The Balaban J connectivity index is 1.26. The maximum atomic E-state index is 2.75. The third kappa shape index (κ3) is 3.46. The molecule has 1 atom stereocenters. The minimum Gasteiger partial charge on any atom is -0.195 e. The zero-order chi connectivity index (χ0) is 41.8. The van der Waals surface area contributed by atoms with Crippen LogP contribution in [0.2, 0.25) is 0 Å². The van der Waals surface area contributed by atoms with Crippen molar-refractivity contribution in [2.45, 2.75) is 19.5 Å². The van der Waals surface area contributed by atoms with Crippen LogP contribution in [0.5, 0.6) is 0 Å². The number of rotatable bonds is 3. The van der Waals surface area contributed by atoms with Crippen molar-refractivity contribution in [3.63, 3.8) is 0 Å². The van der Waals surface area contributed by atoms with Gasteiger partial charge in [-0.1, -0.05) is 170 Å². The first-order valence-corrected chi connectivity index (χ1v) is 24.5. The van der Waals surface area contributed by atoms with Crippen molar-refractivity contribution in [2.75, 3.05) is 0 Å². The van der Waals surface area contributed by atoms with Crippen LogP contribution in [0.4, 0.5) is 0 Å². The van der Waals surface area contributed by atoms with Crippen molar-refractivity contribution in [1.82, 2.24) is 8.80 Å². The molecule has 0 saturated carbocycles. The van der Waals surface area contributed by atoms with Gasteiger partial charge in [0.2, 0.25) is 0 Å². The molecule has 13 aromatic rings. The molecule has 1 unspecified atom stereocenters. The minimum atomic E-state index is -3.03. The molecule has 4 nitrogen and oxygen atoms in total. The lowest BCUT2D eigenvalue weighted by molar-refractivity contribution is -0.944. The van der Waals surface area contributed by atoms with E-state index in [-0.39, 0.29) is 0 Å². The third-order valence-corrected chi connectivity index (χ3v) is 20.7. The number of aromatic nitrogens is 4. The van der Waals surface area contributed by atoms with Crippen LogP contribution in [-0.4, -0.2) is 16.9 Å². The van der Waals surface area contributed by atoms with Crippen LogP contribution in [0.1, 0.15) is 22.3 Å². The molecule has 1 spiro atoms. The second-order valence-electron chi connectivity index (χ2n) is 18.5. The second-order valence-corrected chi connectivity index (χ2v) is 22.2. The quantitative estimate of drug-likeness (QED) is 0.0960. The summed E-state index contributed by atoms with van der Waals surface area (Å²) in [5.41, 5.74) is 12.3. The lowest BCUT2D eigenvalue weighted by Crippen LogP contribution is -2.84. The summed E-state index contributed by atoms with van der Waals surface area (Å²) in [5, 5.41) is 18.9. The highest BCUT2D eigenvalue weighted by molar-refractivity contribution is 7.20. The Labute approximate surface area is 368 Å². The first kappa shape index (κ1) is 33.7. The van der Waals surface area contributed by atoms with Gasteiger partial charge in [-0.25, -0.2) is 0 Å². The van der Waals surface area contributed by atoms with Crippen molar-refractivity contribution in [1.29, 1.82) is 0 Å². The summed E-state index contributed by atoms with van der Waals surface area (Å²) < 4.78 is 10.6. The number of imidazole rings is 2. The van der Waals surface area contributed by atoms with Crippen LogP contribution in [-0.2, 0) is 5.66 Å². The van der Waals surface area contributed by atoms with Gasteiger partial charge in [0, 0.05) is 32.5 Å². The van der Waals surface area contributed by atoms with E-state index in [9.17, 15) is 0 Å². The number of aryl methyl sites for hydroxylation is 2. The fourth-order valence-electron chi connectivity index (χ4n) is 13.7. The van der Waals surface area contributed by atoms with Gasteiger partial charge in [-0.2, -0.15) is 17.9 Å². The lowest BCUT2D eigenvalue weighted by Gasteiger charge is -2.43. The van der Waals surface area contributed by atoms with Crippen molar-refractivity contribution in [2.24, 2.45) is 0 Å². The van der Waals surface area contributed by atoms with Crippen LogP contribution < -0.4 is 29.9 Å². The van der Waals surface area contributed by atoms with Crippen molar-refractivity contribution < 1.29 is 9.13 Å². The van der Waals surface area contributed by atoms with E-state index in [0.717, 1.165) is 0 Å². The SMILES string of the molecule is Cc1cccc(C)c1-c1c[n+]2c3c4c5c(ccc4c4c6ccccc6c6ccccc6c4n13)[Si](c1ccccc1)(c1ccccc1)c1ccc3c4ccccc4n4cc[n+]6c4c3c1C562. The van der Waals surface area contributed by atoms with Gasteiger partial charge in [0.05, 0.1) is 21.9 Å². The standard InChI is InChI=1S/C59H38N4Si/c1-35-16-15-17-36(2)50(35)47-34-62-58-53-45(51-42-25-11-9-22-39(42)40-23-10-12-26-44(40)56(51)63(47)58)29-31-49-55(53)59(62)54-48(64(49,37-18-5-3-6-19-37)38-20-7-4-8-21-38)30-28-43-41-24-13-14-27-46(41)60-32-33-61(59)57(60)52(43)54/h3-34H,1-2H3/q+2. The molecule has 7 heterocycles. The molecule has 0 fully saturated rings. The second kappa shape index (κ2) is 11.2. The first-order chi connectivity index (χ1) is 31.6. The Morgan fingerprint density at radius 3 is 1.69 bits per heavy atom. The monoisotopic (exact) mass is 830 g/mol. The fraction of sp³-hybridized carbons (Fsp3) is 0.0508. The maximum Gasteiger partial charge on any atom is 0.308 e. The molecule has 0 amide bonds. The van der Waals surface area contributed by atoms with Crippen LogP contribution in [0, 0.1) is 13.8 Å². The van der Waals surface area contributed by atoms with Crippen molar-refractivity contribution in [3.05, 3.63) is 217 Å². The van der Waals surface area contributed by atoms with Crippen LogP contribution in [0.3, 0.4) is 0 Å². The summed E-state index contributed by atoms with van der Waals surface area (Å²) in [4.78, 5) is 0. The van der Waals surface area contributed by atoms with Gasteiger partial charge >= 0.3 is 5.66 Å². The topological polar surface area (TPSA) is 16.6 Å². The summed E-state index contributed by atoms with van der Waals surface area (Å²) in [6, 6.07) is 67.4. The lowest BCUT2D eigenvalue weighted by atomic mass is 9.86. The highest BCUT2D eigenvalue weighted by Crippen LogP contribution is 2.52. The van der Waals surface area contributed by atoms with Gasteiger partial charge < -0.3 is 0 Å². The van der Waals surface area contributed by atoms with Crippen LogP contribution in [0.15, 0.2) is 195 Å². The molecule has 3 aliphatic rings. The summed E-state index contributed by atoms with van der Waals surface area (Å²) in [6.07, 6.45) is 7.29. The molecule has 0 radical (unpaired) electrons. The van der Waals surface area contributed by atoms with Gasteiger partial charge in [-0.3, -0.25) is 0 Å². The average Bonchev–Trinajstić information content (AvgIpc) is 4.11. The molecule has 5 heteroatoms. The van der Waals surface area contributed by atoms with E-state index >= 15 is 0 Å². The zero-order valence-electron chi connectivity index (χ0n) is 35.3. The molecule has 0 saturated heterocycles. The summed E-state index contributed by atoms with van der Waals surface area (Å²) in [6.45, 7) is 4.58. The Bertz CT molecular complexity index is 4270. The molecule has 64 heavy (non-hydrogen) atoms. The normalized spacial score (nSPS) is 16.5. The number of para-hydroxylation sites is 1. The minimum absolute atomic E-state index is 0.705. The van der Waals surface area contributed by atoms with E-state index in [4.69, 9.17) is 0 Å². The highest BCUT2D eigenvalue weighted by atomic mass is 28.3. The molecular formula is C59H38N4Si+2. The number of hydrogen-bond acceptors (Lipinski definition) is 0. The van der Waals surface area contributed by atoms with Gasteiger partial charge in [-0.15, -0.1) is 0 Å². The predicted molar refractivity (Wildman–Crippen MR) is 264 cm³/mol. The number of nitrogens with zero attached hydrogens (tertiary/aromatic N) is 4. The number of benzene rings is 9. The average molecular weight is 831 g/mol. The highest BCUT2D eigenvalue weighted by Gasteiger charge is 2.69. The van der Waals surface area contributed by atoms with Crippen LogP contribution >= 0.6 is 0 Å². The fourth-order valence-corrected chi connectivity index (χ4v) is 18.9. The Hall–Kier alpha value is -7.86. The molecule has 4 aromatic heterocycles. The molecule has 16 rings (SSSR count). The van der Waals surface area contributed by atoms with E-state index < -0.39 is 13.7 Å². The maximum absolute atomic E-state index is 3.03. The smallest absolute Gasteiger partial charge is 0.195 e. The van der Waals surface area contributed by atoms with Crippen molar-refractivity contribution in [3.8, 4) is 11.3 Å². The first-order valence-electron chi connectivity index (χ1n) is 22.5. The number of hydrogen-bond donors (Lipinski definition) is 0. The molecular weight excluding hydrogens is 793 g/mol. The third-order valence-electron chi connectivity index (χ3n) is 15.8. The van der Waals surface area contributed by atoms with Crippen molar-refractivity contribution >= 4 is 105 Å². The molecule has 9 aromatic carbocycles. The summed E-state index contributed by atoms with van der Waals surface area (Å²) >= 11 is 0. The molecule has 0 aliphatic carbocycles. The summed E-state index contributed by atoms with van der Waals surface area (Å²) in [5.74, 6) is 0. The molecule has 296 valence electrons. The van der Waals surface area contributed by atoms with E-state index in [1.807, 2.05) is 0 Å². The predicted octanol–water partition coefficient (Wildman–Crippen LogP) is 9.59. The van der Waals surface area contributed by atoms with Gasteiger partial charge in [-0.05, 0) is 67.9 Å². The molecule has 0 bridgehead atoms. The zero-order valence-corrected chi connectivity index (χ0v) is 36.3. The Morgan fingerprint density at radius 2 is 1.00 bits per heavy atom. The Morgan fingerprint density at radius 1 is 0.453 bits per heavy atom. The van der Waals surface area contributed by atoms with Gasteiger partial charge in [0.15, 0.2) is 13.8 Å². The van der Waals surface area contributed by atoms with E-state index in [0.29, 0.717) is 0 Å². The van der Waals surface area contributed by atoms with E-state index in [1.165, 1.54) is 130 Å². The Kier molecular flexibility index (Phi) is 5.90. The van der Waals surface area contributed by atoms with Gasteiger partial charge in [0.1, 0.15) is 29.6 Å². The summed E-state index contributed by atoms with van der Waals surface area (Å²) in [7, 11) is -3.03. The molecule has 3 aliphatic heterocycles.